The Kier molecular flexibility index (Phi) is 5.19. The monoisotopic (exact) mass is 402 g/mol. The summed E-state index contributed by atoms with van der Waals surface area (Å²) in [5.74, 6) is -2.47. The predicted octanol–water partition coefficient (Wildman–Crippen LogP) is 2.04. The lowest BCUT2D eigenvalue weighted by atomic mass is 10.1. The SMILES string of the molecule is COC(=O)c1cccc(NC(=O)c2cccc(N3C(=O)C(C)CS3(=O)=O)c2)c1. The molecular formula is C19H18N2O6S. The fraction of sp³-hybridized carbons (Fsp3) is 0.211. The molecule has 1 N–H and O–H groups in total. The molecule has 146 valence electrons. The zero-order valence-corrected chi connectivity index (χ0v) is 16.0. The molecule has 0 spiro atoms. The maximum Gasteiger partial charge on any atom is 0.337 e. The highest BCUT2D eigenvalue weighted by Crippen LogP contribution is 2.29. The van der Waals surface area contributed by atoms with Gasteiger partial charge in [0.05, 0.1) is 30.0 Å². The molecule has 9 heteroatoms. The molecule has 1 saturated heterocycles. The van der Waals surface area contributed by atoms with E-state index in [2.05, 4.69) is 10.1 Å². The lowest BCUT2D eigenvalue weighted by Gasteiger charge is -2.16. The van der Waals surface area contributed by atoms with Crippen LogP contribution in [0.15, 0.2) is 48.5 Å². The van der Waals surface area contributed by atoms with Gasteiger partial charge in [0.2, 0.25) is 15.9 Å². The Morgan fingerprint density at radius 3 is 2.43 bits per heavy atom. The third kappa shape index (κ3) is 3.74. The number of nitrogens with one attached hydrogen (secondary N) is 1. The van der Waals surface area contributed by atoms with E-state index in [9.17, 15) is 22.8 Å². The molecule has 2 amide bonds. The van der Waals surface area contributed by atoms with Crippen LogP contribution in [0.4, 0.5) is 11.4 Å². The molecule has 1 atom stereocenters. The van der Waals surface area contributed by atoms with Gasteiger partial charge in [0.1, 0.15) is 0 Å². The average molecular weight is 402 g/mol. The lowest BCUT2D eigenvalue weighted by Crippen LogP contribution is -2.30. The molecule has 0 bridgehead atoms. The second kappa shape index (κ2) is 7.43. The second-order valence-electron chi connectivity index (χ2n) is 6.36. The van der Waals surface area contributed by atoms with Crippen molar-refractivity contribution >= 4 is 39.2 Å². The van der Waals surface area contributed by atoms with Crippen LogP contribution in [0.2, 0.25) is 0 Å². The minimum Gasteiger partial charge on any atom is -0.465 e. The maximum absolute atomic E-state index is 12.6. The van der Waals surface area contributed by atoms with Crippen molar-refractivity contribution in [3.05, 3.63) is 59.7 Å². The first-order valence-electron chi connectivity index (χ1n) is 8.39. The molecule has 2 aromatic rings. The van der Waals surface area contributed by atoms with Crippen molar-refractivity contribution in [2.24, 2.45) is 5.92 Å². The first kappa shape index (κ1) is 19.6. The Morgan fingerprint density at radius 2 is 1.79 bits per heavy atom. The van der Waals surface area contributed by atoms with E-state index in [1.165, 1.54) is 37.4 Å². The van der Waals surface area contributed by atoms with Crippen molar-refractivity contribution < 1.29 is 27.5 Å². The Labute approximate surface area is 162 Å². The summed E-state index contributed by atoms with van der Waals surface area (Å²) in [5, 5.41) is 2.64. The van der Waals surface area contributed by atoms with Crippen molar-refractivity contribution in [1.82, 2.24) is 0 Å². The molecule has 28 heavy (non-hydrogen) atoms. The number of hydrogen-bond donors (Lipinski definition) is 1. The second-order valence-corrected chi connectivity index (χ2v) is 8.22. The van der Waals surface area contributed by atoms with Crippen LogP contribution in [0.3, 0.4) is 0 Å². The first-order valence-corrected chi connectivity index (χ1v) is 10.0. The number of carbonyl (C=O) groups excluding carboxylic acids is 3. The van der Waals surface area contributed by atoms with Gasteiger partial charge in [-0.3, -0.25) is 9.59 Å². The smallest absolute Gasteiger partial charge is 0.337 e. The van der Waals surface area contributed by atoms with Crippen LogP contribution >= 0.6 is 0 Å². The van der Waals surface area contributed by atoms with Crippen molar-refractivity contribution in [2.45, 2.75) is 6.92 Å². The normalized spacial score (nSPS) is 18.0. The Morgan fingerprint density at radius 1 is 1.11 bits per heavy atom. The van der Waals surface area contributed by atoms with Crippen LogP contribution in [0, 0.1) is 5.92 Å². The average Bonchev–Trinajstić information content (AvgIpc) is 2.88. The van der Waals surface area contributed by atoms with Gasteiger partial charge >= 0.3 is 5.97 Å². The van der Waals surface area contributed by atoms with Gasteiger partial charge in [-0.1, -0.05) is 19.1 Å². The lowest BCUT2D eigenvalue weighted by molar-refractivity contribution is -0.119. The Bertz CT molecular complexity index is 1060. The fourth-order valence-corrected chi connectivity index (χ4v) is 4.72. The molecule has 3 rings (SSSR count). The van der Waals surface area contributed by atoms with Crippen LogP contribution in [0.25, 0.3) is 0 Å². The van der Waals surface area contributed by atoms with E-state index in [0.717, 1.165) is 4.31 Å². The summed E-state index contributed by atoms with van der Waals surface area (Å²) in [6.45, 7) is 1.55. The minimum absolute atomic E-state index is 0.116. The quantitative estimate of drug-likeness (QED) is 0.784. The van der Waals surface area contributed by atoms with E-state index in [-0.39, 0.29) is 22.6 Å². The predicted molar refractivity (Wildman–Crippen MR) is 103 cm³/mol. The molecule has 2 aromatic carbocycles. The van der Waals surface area contributed by atoms with E-state index in [4.69, 9.17) is 0 Å². The zero-order chi connectivity index (χ0) is 20.5. The van der Waals surface area contributed by atoms with E-state index >= 15 is 0 Å². The number of anilines is 2. The number of sulfonamides is 1. The van der Waals surface area contributed by atoms with Gasteiger partial charge in [-0.2, -0.15) is 0 Å². The van der Waals surface area contributed by atoms with Crippen molar-refractivity contribution in [3.63, 3.8) is 0 Å². The van der Waals surface area contributed by atoms with Crippen LogP contribution in [0.5, 0.6) is 0 Å². The summed E-state index contributed by atoms with van der Waals surface area (Å²) in [4.78, 5) is 36.4. The molecule has 1 aliphatic heterocycles. The van der Waals surface area contributed by atoms with E-state index in [1.54, 1.807) is 25.1 Å². The van der Waals surface area contributed by atoms with E-state index in [0.29, 0.717) is 5.69 Å². The molecule has 0 aromatic heterocycles. The van der Waals surface area contributed by atoms with Gasteiger partial charge in [0, 0.05) is 11.3 Å². The van der Waals surface area contributed by atoms with E-state index < -0.39 is 33.7 Å². The van der Waals surface area contributed by atoms with E-state index in [1.807, 2.05) is 0 Å². The van der Waals surface area contributed by atoms with Gasteiger partial charge in [-0.15, -0.1) is 0 Å². The number of benzene rings is 2. The van der Waals surface area contributed by atoms with Crippen LogP contribution < -0.4 is 9.62 Å². The van der Waals surface area contributed by atoms with Gasteiger partial charge in [0.15, 0.2) is 0 Å². The molecule has 1 fully saturated rings. The number of hydrogen-bond acceptors (Lipinski definition) is 6. The third-order valence-corrected chi connectivity index (χ3v) is 6.11. The molecule has 0 aliphatic carbocycles. The highest BCUT2D eigenvalue weighted by atomic mass is 32.2. The maximum atomic E-state index is 12.6. The van der Waals surface area contributed by atoms with Crippen molar-refractivity contribution in [1.29, 1.82) is 0 Å². The molecule has 0 radical (unpaired) electrons. The first-order chi connectivity index (χ1) is 13.2. The highest BCUT2D eigenvalue weighted by molar-refractivity contribution is 7.94. The summed E-state index contributed by atoms with van der Waals surface area (Å²) < 4.78 is 29.9. The summed E-state index contributed by atoms with van der Waals surface area (Å²) in [5.41, 5.74) is 0.933. The van der Waals surface area contributed by atoms with Crippen LogP contribution in [-0.2, 0) is 19.6 Å². The number of carbonyl (C=O) groups is 3. The Hall–Kier alpha value is -3.20. The number of rotatable bonds is 4. The van der Waals surface area contributed by atoms with Gasteiger partial charge < -0.3 is 10.1 Å². The van der Waals surface area contributed by atoms with Gasteiger partial charge in [-0.05, 0) is 36.4 Å². The molecular weight excluding hydrogens is 384 g/mol. The highest BCUT2D eigenvalue weighted by Gasteiger charge is 2.42. The van der Waals surface area contributed by atoms with Crippen molar-refractivity contribution in [2.75, 3.05) is 22.5 Å². The zero-order valence-electron chi connectivity index (χ0n) is 15.2. The number of nitrogens with zero attached hydrogens (tertiary/aromatic N) is 1. The number of methoxy groups -OCH3 is 1. The molecule has 1 aliphatic rings. The number of amides is 2. The number of esters is 1. The van der Waals surface area contributed by atoms with Gasteiger partial charge in [-0.25, -0.2) is 17.5 Å². The summed E-state index contributed by atoms with van der Waals surface area (Å²) in [6.07, 6.45) is 0. The standard InChI is InChI=1S/C19H18N2O6S/c1-12-11-28(25,26)21(18(12)23)16-8-4-5-13(10-16)17(22)20-15-7-3-6-14(9-15)19(24)27-2/h3-10,12H,11H2,1-2H3,(H,20,22). The molecule has 1 unspecified atom stereocenters. The molecule has 0 saturated carbocycles. The summed E-state index contributed by atoms with van der Waals surface area (Å²) in [6, 6.07) is 12.0. The van der Waals surface area contributed by atoms with Crippen molar-refractivity contribution in [3.8, 4) is 0 Å². The topological polar surface area (TPSA) is 110 Å². The summed E-state index contributed by atoms with van der Waals surface area (Å²) >= 11 is 0. The Balaban J connectivity index is 1.86. The minimum atomic E-state index is -3.76. The third-order valence-electron chi connectivity index (χ3n) is 4.24. The van der Waals surface area contributed by atoms with Crippen LogP contribution in [0.1, 0.15) is 27.6 Å². The summed E-state index contributed by atoms with van der Waals surface area (Å²) in [7, 11) is -2.50. The largest absolute Gasteiger partial charge is 0.465 e. The molecule has 1 heterocycles. The fourth-order valence-electron chi connectivity index (χ4n) is 2.91. The molecule has 8 nitrogen and oxygen atoms in total. The number of ether oxygens (including phenoxy) is 1. The van der Waals surface area contributed by atoms with Crippen LogP contribution in [-0.4, -0.2) is 39.1 Å². The van der Waals surface area contributed by atoms with Gasteiger partial charge in [0.25, 0.3) is 5.91 Å².